The lowest BCUT2D eigenvalue weighted by Gasteiger charge is -2.29. The summed E-state index contributed by atoms with van der Waals surface area (Å²) in [4.78, 5) is 24.1. The zero-order valence-electron chi connectivity index (χ0n) is 18.8. The van der Waals surface area contributed by atoms with Gasteiger partial charge in [0.1, 0.15) is 0 Å². The minimum absolute atomic E-state index is 0.243. The topological polar surface area (TPSA) is 106 Å². The number of hydrazine groups is 2. The van der Waals surface area contributed by atoms with Gasteiger partial charge in [-0.25, -0.2) is 9.59 Å². The second-order valence-corrected chi connectivity index (χ2v) is 8.55. The van der Waals surface area contributed by atoms with Crippen molar-refractivity contribution in [2.75, 3.05) is 23.9 Å². The predicted molar refractivity (Wildman–Crippen MR) is 128 cm³/mol. The van der Waals surface area contributed by atoms with Crippen LogP contribution in [0.4, 0.5) is 21.0 Å². The van der Waals surface area contributed by atoms with Crippen LogP contribution < -0.4 is 32.3 Å². The van der Waals surface area contributed by atoms with Gasteiger partial charge in [-0.05, 0) is 69.2 Å². The molecule has 1 aliphatic rings. The first-order chi connectivity index (χ1) is 15.5. The molecular formula is C24H34N6O2. The first kappa shape index (κ1) is 23.2. The summed E-state index contributed by atoms with van der Waals surface area (Å²) in [7, 11) is 0. The van der Waals surface area contributed by atoms with E-state index in [1.54, 1.807) is 0 Å². The predicted octanol–water partition coefficient (Wildman–Crippen LogP) is 4.06. The number of hydrogen-bond donors (Lipinski definition) is 6. The molecule has 2 atom stereocenters. The van der Waals surface area contributed by atoms with Gasteiger partial charge in [0.25, 0.3) is 0 Å². The monoisotopic (exact) mass is 438 g/mol. The molecule has 1 fully saturated rings. The zero-order valence-corrected chi connectivity index (χ0v) is 18.8. The number of carbonyl (C=O) groups is 2. The molecule has 0 radical (unpaired) electrons. The maximum Gasteiger partial charge on any atom is 0.333 e. The first-order valence-corrected chi connectivity index (χ1v) is 11.2. The Bertz CT molecular complexity index is 798. The minimum atomic E-state index is -0.243. The molecule has 0 heterocycles. The molecule has 3 rings (SSSR count). The summed E-state index contributed by atoms with van der Waals surface area (Å²) in [5, 5.41) is 5.88. The van der Waals surface area contributed by atoms with Crippen LogP contribution in [0, 0.1) is 25.7 Å². The summed E-state index contributed by atoms with van der Waals surface area (Å²) in [6.07, 6.45) is 4.26. The molecule has 4 amide bonds. The van der Waals surface area contributed by atoms with Gasteiger partial charge in [0.05, 0.1) is 11.4 Å². The Balaban J connectivity index is 1.30. The maximum atomic E-state index is 12.1. The highest BCUT2D eigenvalue weighted by atomic mass is 16.2. The molecule has 2 aromatic carbocycles. The lowest BCUT2D eigenvalue weighted by molar-refractivity contribution is 0.223. The Morgan fingerprint density at radius 3 is 1.53 bits per heavy atom. The van der Waals surface area contributed by atoms with Gasteiger partial charge in [-0.15, -0.1) is 0 Å². The van der Waals surface area contributed by atoms with Crippen LogP contribution in [-0.2, 0) is 0 Å². The average Bonchev–Trinajstić information content (AvgIpc) is 2.81. The van der Waals surface area contributed by atoms with E-state index < -0.39 is 0 Å². The number of amides is 4. The van der Waals surface area contributed by atoms with E-state index in [2.05, 4.69) is 32.3 Å². The molecular weight excluding hydrogens is 404 g/mol. The molecule has 0 spiro atoms. The van der Waals surface area contributed by atoms with Crippen LogP contribution in [-0.4, -0.2) is 25.2 Å². The number of urea groups is 2. The number of carbonyl (C=O) groups excluding carboxylic acids is 2. The lowest BCUT2D eigenvalue weighted by atomic mass is 9.81. The lowest BCUT2D eigenvalue weighted by Crippen LogP contribution is -2.43. The van der Waals surface area contributed by atoms with Gasteiger partial charge in [-0.3, -0.25) is 21.7 Å². The summed E-state index contributed by atoms with van der Waals surface area (Å²) >= 11 is 0. The number of hydrogen-bond acceptors (Lipinski definition) is 4. The van der Waals surface area contributed by atoms with Crippen molar-refractivity contribution >= 4 is 23.4 Å². The molecule has 8 heteroatoms. The summed E-state index contributed by atoms with van der Waals surface area (Å²) < 4.78 is 0. The molecule has 6 N–H and O–H groups in total. The van der Waals surface area contributed by atoms with Gasteiger partial charge in [-0.1, -0.05) is 41.8 Å². The minimum Gasteiger partial charge on any atom is -0.336 e. The summed E-state index contributed by atoms with van der Waals surface area (Å²) in [6, 6.07) is 15.1. The van der Waals surface area contributed by atoms with Gasteiger partial charge < -0.3 is 10.6 Å². The smallest absolute Gasteiger partial charge is 0.333 e. The third-order valence-corrected chi connectivity index (χ3v) is 5.74. The molecule has 172 valence electrons. The van der Waals surface area contributed by atoms with Crippen molar-refractivity contribution in [2.45, 2.75) is 39.5 Å². The highest BCUT2D eigenvalue weighted by Gasteiger charge is 2.22. The largest absolute Gasteiger partial charge is 0.336 e. The standard InChI is InChI=1S/C24H34N6O2/c1-17-6-10-21(11-7-17)27-29-23(31)25-15-19-4-3-5-20(14-19)16-26-24(32)30-28-22-12-8-18(2)9-13-22/h6-13,19-20,27-28H,3-5,14-16H2,1-2H3,(H2,25,29,31)(H2,26,30,32). The quantitative estimate of drug-likeness (QED) is 0.350. The summed E-state index contributed by atoms with van der Waals surface area (Å²) in [6.45, 7) is 5.29. The molecule has 1 saturated carbocycles. The Kier molecular flexibility index (Phi) is 8.60. The highest BCUT2D eigenvalue weighted by Crippen LogP contribution is 2.28. The second-order valence-electron chi connectivity index (χ2n) is 8.55. The molecule has 32 heavy (non-hydrogen) atoms. The highest BCUT2D eigenvalue weighted by molar-refractivity contribution is 5.76. The van der Waals surface area contributed by atoms with E-state index >= 15 is 0 Å². The van der Waals surface area contributed by atoms with E-state index in [1.165, 1.54) is 11.1 Å². The van der Waals surface area contributed by atoms with E-state index in [9.17, 15) is 9.59 Å². The third kappa shape index (κ3) is 8.02. The van der Waals surface area contributed by atoms with Crippen molar-refractivity contribution in [2.24, 2.45) is 11.8 Å². The third-order valence-electron chi connectivity index (χ3n) is 5.74. The first-order valence-electron chi connectivity index (χ1n) is 11.2. The average molecular weight is 439 g/mol. The van der Waals surface area contributed by atoms with Crippen LogP contribution in [0.15, 0.2) is 48.5 Å². The molecule has 0 bridgehead atoms. The normalized spacial score (nSPS) is 17.7. The van der Waals surface area contributed by atoms with Gasteiger partial charge >= 0.3 is 12.1 Å². The van der Waals surface area contributed by atoms with Crippen LogP contribution in [0.25, 0.3) is 0 Å². The van der Waals surface area contributed by atoms with Crippen molar-refractivity contribution in [1.29, 1.82) is 0 Å². The van der Waals surface area contributed by atoms with Gasteiger partial charge in [-0.2, -0.15) is 0 Å². The van der Waals surface area contributed by atoms with Crippen LogP contribution >= 0.6 is 0 Å². The van der Waals surface area contributed by atoms with Crippen LogP contribution in [0.1, 0.15) is 36.8 Å². The molecule has 0 aliphatic heterocycles. The molecule has 8 nitrogen and oxygen atoms in total. The number of anilines is 2. The van der Waals surface area contributed by atoms with Crippen molar-refractivity contribution in [1.82, 2.24) is 21.5 Å². The number of rotatable bonds is 8. The van der Waals surface area contributed by atoms with E-state index in [0.717, 1.165) is 37.1 Å². The fraction of sp³-hybridized carbons (Fsp3) is 0.417. The van der Waals surface area contributed by atoms with Gasteiger partial charge in [0, 0.05) is 13.1 Å². The Morgan fingerprint density at radius 1 is 0.719 bits per heavy atom. The van der Waals surface area contributed by atoms with Crippen LogP contribution in [0.3, 0.4) is 0 Å². The molecule has 1 aliphatic carbocycles. The van der Waals surface area contributed by atoms with E-state index in [1.807, 2.05) is 62.4 Å². The maximum absolute atomic E-state index is 12.1. The van der Waals surface area contributed by atoms with Crippen molar-refractivity contribution in [3.8, 4) is 0 Å². The number of aryl methyl sites for hydroxylation is 2. The number of nitrogens with one attached hydrogen (secondary N) is 6. The van der Waals surface area contributed by atoms with E-state index in [-0.39, 0.29) is 12.1 Å². The van der Waals surface area contributed by atoms with Gasteiger partial charge in [0.15, 0.2) is 0 Å². The fourth-order valence-electron chi connectivity index (χ4n) is 3.87. The fourth-order valence-corrected chi connectivity index (χ4v) is 3.87. The Morgan fingerprint density at radius 2 is 1.12 bits per heavy atom. The SMILES string of the molecule is Cc1ccc(NNC(=O)NCC2CCCC(CNC(=O)NNc3ccc(C)cc3)C2)cc1. The Hall–Kier alpha value is -3.42. The molecule has 0 saturated heterocycles. The second kappa shape index (κ2) is 11.8. The van der Waals surface area contributed by atoms with Crippen molar-refractivity contribution in [3.63, 3.8) is 0 Å². The van der Waals surface area contributed by atoms with Crippen molar-refractivity contribution in [3.05, 3.63) is 59.7 Å². The van der Waals surface area contributed by atoms with E-state index in [0.29, 0.717) is 24.9 Å². The van der Waals surface area contributed by atoms with Crippen LogP contribution in [0.2, 0.25) is 0 Å². The molecule has 0 aromatic heterocycles. The van der Waals surface area contributed by atoms with E-state index in [4.69, 9.17) is 0 Å². The molecule has 2 aromatic rings. The summed E-state index contributed by atoms with van der Waals surface area (Å²) in [5.74, 6) is 0.823. The Labute approximate surface area is 189 Å². The number of benzene rings is 2. The zero-order chi connectivity index (χ0) is 22.8. The van der Waals surface area contributed by atoms with Crippen LogP contribution in [0.5, 0.6) is 0 Å². The molecule has 2 unspecified atom stereocenters. The summed E-state index contributed by atoms with van der Waals surface area (Å²) in [5.41, 5.74) is 15.2. The van der Waals surface area contributed by atoms with Gasteiger partial charge in [0.2, 0.25) is 0 Å². The van der Waals surface area contributed by atoms with Crippen molar-refractivity contribution < 1.29 is 9.59 Å².